The molecule has 0 saturated carbocycles. The normalized spacial score (nSPS) is 19.3. The van der Waals surface area contributed by atoms with E-state index in [0.29, 0.717) is 0 Å². The summed E-state index contributed by atoms with van der Waals surface area (Å²) < 4.78 is 2.00. The summed E-state index contributed by atoms with van der Waals surface area (Å²) in [6.45, 7) is 7.36. The predicted octanol–water partition coefficient (Wildman–Crippen LogP) is 1.30. The van der Waals surface area contributed by atoms with Crippen LogP contribution in [0.2, 0.25) is 0 Å². The van der Waals surface area contributed by atoms with Gasteiger partial charge in [-0.25, -0.2) is 0 Å². The molecule has 1 aromatic heterocycles. The average molecular weight is 236 g/mol. The first-order valence-corrected chi connectivity index (χ1v) is 6.59. The summed E-state index contributed by atoms with van der Waals surface area (Å²) in [7, 11) is 2.02. The molecule has 0 spiro atoms. The SMILES string of the molecule is CCCC1(N)CN(Cc2cc(CC)nn2C)C1. The molecular formula is C13H24N4. The summed E-state index contributed by atoms with van der Waals surface area (Å²) in [6, 6.07) is 2.20. The van der Waals surface area contributed by atoms with E-state index in [4.69, 9.17) is 5.73 Å². The summed E-state index contributed by atoms with van der Waals surface area (Å²) in [5.74, 6) is 0. The molecule has 4 heteroatoms. The molecule has 17 heavy (non-hydrogen) atoms. The van der Waals surface area contributed by atoms with Crippen molar-refractivity contribution in [3.05, 3.63) is 17.5 Å². The minimum Gasteiger partial charge on any atom is -0.323 e. The topological polar surface area (TPSA) is 47.1 Å². The molecule has 1 aromatic rings. The second kappa shape index (κ2) is 4.78. The van der Waals surface area contributed by atoms with Crippen molar-refractivity contribution in [2.75, 3.05) is 13.1 Å². The minimum atomic E-state index is 0.0704. The largest absolute Gasteiger partial charge is 0.323 e. The van der Waals surface area contributed by atoms with Gasteiger partial charge in [-0.1, -0.05) is 20.3 Å². The van der Waals surface area contributed by atoms with E-state index >= 15 is 0 Å². The third-order valence-electron chi connectivity index (χ3n) is 3.60. The minimum absolute atomic E-state index is 0.0704. The van der Waals surface area contributed by atoms with Gasteiger partial charge in [-0.2, -0.15) is 5.10 Å². The van der Waals surface area contributed by atoms with Crippen molar-refractivity contribution in [3.8, 4) is 0 Å². The molecule has 0 unspecified atom stereocenters. The second-order valence-corrected chi connectivity index (χ2v) is 5.36. The van der Waals surface area contributed by atoms with Crippen LogP contribution in [0.4, 0.5) is 0 Å². The Balaban J connectivity index is 1.89. The molecule has 0 radical (unpaired) electrons. The number of rotatable bonds is 5. The van der Waals surface area contributed by atoms with Gasteiger partial charge in [0.15, 0.2) is 0 Å². The monoisotopic (exact) mass is 236 g/mol. The van der Waals surface area contributed by atoms with Crippen LogP contribution >= 0.6 is 0 Å². The lowest BCUT2D eigenvalue weighted by Gasteiger charge is -2.47. The van der Waals surface area contributed by atoms with E-state index in [1.807, 2.05) is 11.7 Å². The highest BCUT2D eigenvalue weighted by atomic mass is 15.3. The highest BCUT2D eigenvalue weighted by Gasteiger charge is 2.38. The number of hydrogen-bond acceptors (Lipinski definition) is 3. The average Bonchev–Trinajstić information content (AvgIpc) is 2.58. The fourth-order valence-electron chi connectivity index (χ4n) is 2.73. The van der Waals surface area contributed by atoms with Crippen LogP contribution in [-0.4, -0.2) is 33.3 Å². The van der Waals surface area contributed by atoms with Crippen LogP contribution in [0.3, 0.4) is 0 Å². The molecule has 0 aliphatic carbocycles. The molecule has 2 heterocycles. The van der Waals surface area contributed by atoms with Crippen molar-refractivity contribution in [1.29, 1.82) is 0 Å². The first kappa shape index (κ1) is 12.6. The lowest BCUT2D eigenvalue weighted by atomic mass is 9.86. The van der Waals surface area contributed by atoms with Crippen LogP contribution < -0.4 is 5.73 Å². The van der Waals surface area contributed by atoms with Crippen LogP contribution in [0.15, 0.2) is 6.07 Å². The first-order valence-electron chi connectivity index (χ1n) is 6.59. The van der Waals surface area contributed by atoms with Gasteiger partial charge in [-0.05, 0) is 18.9 Å². The van der Waals surface area contributed by atoms with Crippen molar-refractivity contribution in [1.82, 2.24) is 14.7 Å². The van der Waals surface area contributed by atoms with Gasteiger partial charge in [0, 0.05) is 32.2 Å². The van der Waals surface area contributed by atoms with Gasteiger partial charge < -0.3 is 5.73 Å². The smallest absolute Gasteiger partial charge is 0.0625 e. The van der Waals surface area contributed by atoms with Crippen molar-refractivity contribution in [3.63, 3.8) is 0 Å². The van der Waals surface area contributed by atoms with Crippen LogP contribution in [0.1, 0.15) is 38.1 Å². The Kier molecular flexibility index (Phi) is 3.54. The van der Waals surface area contributed by atoms with E-state index in [2.05, 4.69) is 29.9 Å². The lowest BCUT2D eigenvalue weighted by molar-refractivity contribution is 0.0546. The number of aromatic nitrogens is 2. The zero-order valence-corrected chi connectivity index (χ0v) is 11.2. The second-order valence-electron chi connectivity index (χ2n) is 5.36. The molecule has 1 saturated heterocycles. The van der Waals surface area contributed by atoms with E-state index in [-0.39, 0.29) is 5.54 Å². The summed E-state index contributed by atoms with van der Waals surface area (Å²) in [4.78, 5) is 2.41. The Hall–Kier alpha value is -0.870. The molecule has 2 rings (SSSR count). The third kappa shape index (κ3) is 2.69. The van der Waals surface area contributed by atoms with Crippen LogP contribution in [0, 0.1) is 0 Å². The van der Waals surface area contributed by atoms with Crippen LogP contribution in [-0.2, 0) is 20.0 Å². The molecule has 0 atom stereocenters. The van der Waals surface area contributed by atoms with E-state index < -0.39 is 0 Å². The van der Waals surface area contributed by atoms with E-state index in [1.54, 1.807) is 0 Å². The van der Waals surface area contributed by atoms with Gasteiger partial charge in [-0.15, -0.1) is 0 Å². The summed E-state index contributed by atoms with van der Waals surface area (Å²) in [6.07, 6.45) is 3.32. The lowest BCUT2D eigenvalue weighted by Crippen LogP contribution is -2.66. The molecule has 96 valence electrons. The highest BCUT2D eigenvalue weighted by Crippen LogP contribution is 2.24. The fourth-order valence-corrected chi connectivity index (χ4v) is 2.73. The third-order valence-corrected chi connectivity index (χ3v) is 3.60. The Bertz CT molecular complexity index is 377. The molecule has 4 nitrogen and oxygen atoms in total. The van der Waals surface area contributed by atoms with Gasteiger partial charge in [0.1, 0.15) is 0 Å². The molecule has 0 amide bonds. The van der Waals surface area contributed by atoms with E-state index in [1.165, 1.54) is 17.8 Å². The molecular weight excluding hydrogens is 212 g/mol. The Morgan fingerprint density at radius 1 is 1.41 bits per heavy atom. The number of likely N-dealkylation sites (tertiary alicyclic amines) is 1. The summed E-state index contributed by atoms with van der Waals surface area (Å²) in [5, 5.41) is 4.47. The highest BCUT2D eigenvalue weighted by molar-refractivity contribution is 5.12. The van der Waals surface area contributed by atoms with Gasteiger partial charge in [0.2, 0.25) is 0 Å². The van der Waals surface area contributed by atoms with Crippen molar-refractivity contribution in [2.45, 2.75) is 45.2 Å². The zero-order chi connectivity index (χ0) is 12.5. The standard InChI is InChI=1S/C13H24N4/c1-4-6-13(14)9-17(10-13)8-12-7-11(5-2)15-16(12)3/h7H,4-6,8-10,14H2,1-3H3. The Morgan fingerprint density at radius 3 is 2.65 bits per heavy atom. The zero-order valence-electron chi connectivity index (χ0n) is 11.2. The maximum atomic E-state index is 6.26. The number of aryl methyl sites for hydroxylation is 2. The number of hydrogen-bond donors (Lipinski definition) is 1. The van der Waals surface area contributed by atoms with Crippen molar-refractivity contribution < 1.29 is 0 Å². The van der Waals surface area contributed by atoms with Gasteiger partial charge in [-0.3, -0.25) is 9.58 Å². The number of nitrogens with zero attached hydrogens (tertiary/aromatic N) is 3. The first-order chi connectivity index (χ1) is 8.06. The molecule has 1 aliphatic heterocycles. The fraction of sp³-hybridized carbons (Fsp3) is 0.769. The van der Waals surface area contributed by atoms with Gasteiger partial charge in [0.05, 0.1) is 11.4 Å². The van der Waals surface area contributed by atoms with Gasteiger partial charge >= 0.3 is 0 Å². The molecule has 2 N–H and O–H groups in total. The maximum absolute atomic E-state index is 6.26. The van der Waals surface area contributed by atoms with E-state index in [0.717, 1.165) is 32.5 Å². The van der Waals surface area contributed by atoms with Crippen molar-refractivity contribution in [2.24, 2.45) is 12.8 Å². The quantitative estimate of drug-likeness (QED) is 0.838. The molecule has 1 fully saturated rings. The number of nitrogens with two attached hydrogens (primary N) is 1. The van der Waals surface area contributed by atoms with Gasteiger partial charge in [0.25, 0.3) is 0 Å². The van der Waals surface area contributed by atoms with Crippen molar-refractivity contribution >= 4 is 0 Å². The van der Waals surface area contributed by atoms with Crippen LogP contribution in [0.5, 0.6) is 0 Å². The molecule has 0 aromatic carbocycles. The van der Waals surface area contributed by atoms with E-state index in [9.17, 15) is 0 Å². The van der Waals surface area contributed by atoms with Crippen LogP contribution in [0.25, 0.3) is 0 Å². The maximum Gasteiger partial charge on any atom is 0.0625 e. The predicted molar refractivity (Wildman–Crippen MR) is 69.7 cm³/mol. The molecule has 0 bridgehead atoms. The summed E-state index contributed by atoms with van der Waals surface area (Å²) >= 11 is 0. The summed E-state index contributed by atoms with van der Waals surface area (Å²) in [5.41, 5.74) is 8.80. The Morgan fingerprint density at radius 2 is 2.12 bits per heavy atom. The molecule has 1 aliphatic rings. The Labute approximate surface area is 104 Å².